The van der Waals surface area contributed by atoms with Crippen molar-refractivity contribution in [3.8, 4) is 0 Å². The molecule has 1 aromatic carbocycles. The lowest BCUT2D eigenvalue weighted by molar-refractivity contribution is -0.510. The third-order valence-electron chi connectivity index (χ3n) is 4.75. The third-order valence-corrected chi connectivity index (χ3v) is 4.75. The number of ketones is 1. The molecule has 0 radical (unpaired) electrons. The molecule has 2 nitrogen and oxygen atoms in total. The predicted molar refractivity (Wildman–Crippen MR) is 81.6 cm³/mol. The highest BCUT2D eigenvalue weighted by molar-refractivity contribution is 5.99. The van der Waals surface area contributed by atoms with Gasteiger partial charge in [0.15, 0.2) is 11.5 Å². The molecule has 1 unspecified atom stereocenters. The van der Waals surface area contributed by atoms with Crippen molar-refractivity contribution in [1.82, 2.24) is 0 Å². The SMILES string of the molecule is O=C(CC1CCCCC1=[N+]1CCCC1)c1ccccc1.[Br-]. The summed E-state index contributed by atoms with van der Waals surface area (Å²) in [6.45, 7) is 2.43. The maximum absolute atomic E-state index is 12.4. The van der Waals surface area contributed by atoms with Crippen LogP contribution in [0, 0.1) is 5.92 Å². The highest BCUT2D eigenvalue weighted by Crippen LogP contribution is 2.27. The van der Waals surface area contributed by atoms with Crippen molar-refractivity contribution in [3.05, 3.63) is 35.9 Å². The Balaban J connectivity index is 0.00000161. The number of nitrogens with zero attached hydrogens (tertiary/aromatic N) is 1. The van der Waals surface area contributed by atoms with Crippen molar-refractivity contribution in [2.75, 3.05) is 13.1 Å². The Bertz CT molecular complexity index is 501. The standard InChI is InChI=1S/C18H24NO.BrH/c20-18(15-8-2-1-3-9-15)14-16-10-4-5-11-17(16)19-12-6-7-13-19;/h1-3,8-9,16H,4-7,10-14H2;1H/q+1;/p-1. The minimum atomic E-state index is 0. The molecule has 1 saturated carbocycles. The van der Waals surface area contributed by atoms with E-state index in [-0.39, 0.29) is 17.0 Å². The average molecular weight is 350 g/mol. The fourth-order valence-electron chi connectivity index (χ4n) is 3.67. The van der Waals surface area contributed by atoms with Crippen molar-refractivity contribution >= 4 is 11.5 Å². The van der Waals surface area contributed by atoms with Crippen LogP contribution >= 0.6 is 0 Å². The van der Waals surface area contributed by atoms with Crippen LogP contribution in [0.4, 0.5) is 0 Å². The van der Waals surface area contributed by atoms with Gasteiger partial charge >= 0.3 is 0 Å². The van der Waals surface area contributed by atoms with E-state index in [0.29, 0.717) is 18.1 Å². The minimum Gasteiger partial charge on any atom is -1.00 e. The van der Waals surface area contributed by atoms with Gasteiger partial charge in [-0.25, -0.2) is 4.58 Å². The van der Waals surface area contributed by atoms with Crippen LogP contribution in [0.15, 0.2) is 30.3 Å². The molecule has 2 aliphatic rings. The highest BCUT2D eigenvalue weighted by atomic mass is 79.9. The smallest absolute Gasteiger partial charge is 0.163 e. The molecule has 114 valence electrons. The first-order valence-electron chi connectivity index (χ1n) is 8.03. The Morgan fingerprint density at radius 3 is 2.48 bits per heavy atom. The summed E-state index contributed by atoms with van der Waals surface area (Å²) in [6, 6.07) is 9.78. The molecule has 1 aliphatic heterocycles. The molecule has 0 N–H and O–H groups in total. The van der Waals surface area contributed by atoms with Gasteiger partial charge in [0.2, 0.25) is 0 Å². The first-order valence-corrected chi connectivity index (χ1v) is 8.03. The summed E-state index contributed by atoms with van der Waals surface area (Å²) in [5.41, 5.74) is 2.46. The van der Waals surface area contributed by atoms with Crippen LogP contribution < -0.4 is 17.0 Å². The second-order valence-corrected chi connectivity index (χ2v) is 6.12. The number of carbonyl (C=O) groups excluding carboxylic acids is 1. The summed E-state index contributed by atoms with van der Waals surface area (Å²) >= 11 is 0. The van der Waals surface area contributed by atoms with Crippen molar-refractivity contribution in [2.24, 2.45) is 5.92 Å². The fourth-order valence-corrected chi connectivity index (χ4v) is 3.67. The Labute approximate surface area is 138 Å². The molecule has 0 amide bonds. The van der Waals surface area contributed by atoms with E-state index in [0.717, 1.165) is 5.56 Å². The topological polar surface area (TPSA) is 20.1 Å². The number of benzene rings is 1. The van der Waals surface area contributed by atoms with E-state index in [1.165, 1.54) is 51.6 Å². The normalized spacial score (nSPS) is 22.0. The van der Waals surface area contributed by atoms with Crippen molar-refractivity contribution in [3.63, 3.8) is 0 Å². The second-order valence-electron chi connectivity index (χ2n) is 6.12. The maximum atomic E-state index is 12.4. The van der Waals surface area contributed by atoms with Crippen LogP contribution in [-0.2, 0) is 0 Å². The van der Waals surface area contributed by atoms with Crippen molar-refractivity contribution in [1.29, 1.82) is 0 Å². The van der Waals surface area contributed by atoms with Crippen LogP contribution in [0.2, 0.25) is 0 Å². The summed E-state index contributed by atoms with van der Waals surface area (Å²) in [4.78, 5) is 12.4. The summed E-state index contributed by atoms with van der Waals surface area (Å²) in [5.74, 6) is 0.809. The second kappa shape index (κ2) is 7.88. The molecular weight excluding hydrogens is 326 g/mol. The number of hydrogen-bond donors (Lipinski definition) is 0. The largest absolute Gasteiger partial charge is 1.00 e. The molecule has 1 atom stereocenters. The Hall–Kier alpha value is -0.960. The van der Waals surface area contributed by atoms with Gasteiger partial charge in [-0.15, -0.1) is 0 Å². The molecule has 1 heterocycles. The van der Waals surface area contributed by atoms with E-state index in [4.69, 9.17) is 0 Å². The maximum Gasteiger partial charge on any atom is 0.163 e. The lowest BCUT2D eigenvalue weighted by Crippen LogP contribution is -3.00. The lowest BCUT2D eigenvalue weighted by Gasteiger charge is -2.22. The molecule has 1 saturated heterocycles. The van der Waals surface area contributed by atoms with Crippen LogP contribution in [-0.4, -0.2) is 29.2 Å². The van der Waals surface area contributed by atoms with Gasteiger partial charge in [0.25, 0.3) is 0 Å². The van der Waals surface area contributed by atoms with E-state index >= 15 is 0 Å². The van der Waals surface area contributed by atoms with E-state index in [9.17, 15) is 4.79 Å². The van der Waals surface area contributed by atoms with Gasteiger partial charge in [0, 0.05) is 37.2 Å². The van der Waals surface area contributed by atoms with Gasteiger partial charge in [-0.3, -0.25) is 4.79 Å². The highest BCUT2D eigenvalue weighted by Gasteiger charge is 2.31. The van der Waals surface area contributed by atoms with Gasteiger partial charge in [-0.1, -0.05) is 36.8 Å². The first-order chi connectivity index (χ1) is 9.84. The number of Topliss-reactive ketones (excluding diaryl/α,β-unsaturated/α-hetero) is 1. The lowest BCUT2D eigenvalue weighted by atomic mass is 9.82. The molecule has 21 heavy (non-hydrogen) atoms. The van der Waals surface area contributed by atoms with Crippen LogP contribution in [0.25, 0.3) is 0 Å². The van der Waals surface area contributed by atoms with E-state index in [1.807, 2.05) is 30.3 Å². The quantitative estimate of drug-likeness (QED) is 0.581. The zero-order valence-electron chi connectivity index (χ0n) is 12.6. The number of halogens is 1. The van der Waals surface area contributed by atoms with Crippen LogP contribution in [0.1, 0.15) is 55.3 Å². The third kappa shape index (κ3) is 4.03. The van der Waals surface area contributed by atoms with Gasteiger partial charge < -0.3 is 17.0 Å². The monoisotopic (exact) mass is 349 g/mol. The first kappa shape index (κ1) is 16.4. The Kier molecular flexibility index (Phi) is 6.16. The molecule has 0 aromatic heterocycles. The zero-order chi connectivity index (χ0) is 13.8. The molecular formula is C18H24BrNO. The van der Waals surface area contributed by atoms with E-state index in [1.54, 1.807) is 5.71 Å². The minimum absolute atomic E-state index is 0. The van der Waals surface area contributed by atoms with Gasteiger partial charge in [-0.2, -0.15) is 0 Å². The molecule has 2 fully saturated rings. The van der Waals surface area contributed by atoms with Gasteiger partial charge in [0.05, 0.1) is 0 Å². The van der Waals surface area contributed by atoms with Crippen LogP contribution in [0.5, 0.6) is 0 Å². The number of carbonyl (C=O) groups is 1. The van der Waals surface area contributed by atoms with Crippen LogP contribution in [0.3, 0.4) is 0 Å². The fraction of sp³-hybridized carbons (Fsp3) is 0.556. The Morgan fingerprint density at radius 2 is 1.76 bits per heavy atom. The number of rotatable bonds is 3. The summed E-state index contributed by atoms with van der Waals surface area (Å²) in [5, 5.41) is 0. The van der Waals surface area contributed by atoms with Gasteiger partial charge in [0.1, 0.15) is 13.1 Å². The number of hydrogen-bond acceptors (Lipinski definition) is 1. The average Bonchev–Trinajstić information content (AvgIpc) is 3.03. The van der Waals surface area contributed by atoms with Gasteiger partial charge in [-0.05, 0) is 12.8 Å². The molecule has 1 aromatic rings. The summed E-state index contributed by atoms with van der Waals surface area (Å²) < 4.78 is 2.57. The zero-order valence-corrected chi connectivity index (χ0v) is 14.1. The van der Waals surface area contributed by atoms with E-state index < -0.39 is 0 Å². The summed E-state index contributed by atoms with van der Waals surface area (Å²) in [7, 11) is 0. The van der Waals surface area contributed by atoms with Crippen molar-refractivity contribution < 1.29 is 26.4 Å². The predicted octanol–water partition coefficient (Wildman–Crippen LogP) is 0.701. The molecule has 3 rings (SSSR count). The Morgan fingerprint density at radius 1 is 1.05 bits per heavy atom. The van der Waals surface area contributed by atoms with E-state index in [2.05, 4.69) is 4.58 Å². The molecule has 3 heteroatoms. The van der Waals surface area contributed by atoms with Crippen molar-refractivity contribution in [2.45, 2.75) is 44.9 Å². The molecule has 1 aliphatic carbocycles. The molecule has 0 bridgehead atoms. The summed E-state index contributed by atoms with van der Waals surface area (Å²) in [6.07, 6.45) is 8.35. The molecule has 0 spiro atoms.